The molecular weight excluding hydrogens is 382 g/mol. The van der Waals surface area contributed by atoms with Gasteiger partial charge in [-0.05, 0) is 50.5 Å². The first kappa shape index (κ1) is 18.0. The monoisotopic (exact) mass is 405 g/mol. The third-order valence-electron chi connectivity index (χ3n) is 6.60. The first-order chi connectivity index (χ1) is 13.5. The molecular formula is C19H24ClN5O3. The fourth-order valence-electron chi connectivity index (χ4n) is 4.91. The first-order valence-electron chi connectivity index (χ1n) is 10.0. The van der Waals surface area contributed by atoms with E-state index in [1.54, 1.807) is 12.3 Å². The van der Waals surface area contributed by atoms with E-state index in [-0.39, 0.29) is 28.8 Å². The summed E-state index contributed by atoms with van der Waals surface area (Å²) in [6.45, 7) is 0.843. The standard InChI is InChI=1S/C19H24ClN5O3/c20-12-1-2-14-11(9-12)10-13(16(26)22-14)19(4-5-19)24-17-21-6-3-15(23-17)25-7-8-28-18(25)27/h3,6,11-14H,1-2,4-5,7-10H2,(H,22,26)(H,21,23,24). The van der Waals surface area contributed by atoms with Gasteiger partial charge in [-0.15, -0.1) is 11.6 Å². The maximum absolute atomic E-state index is 12.8. The summed E-state index contributed by atoms with van der Waals surface area (Å²) in [4.78, 5) is 34.9. The lowest BCUT2D eigenvalue weighted by Crippen LogP contribution is -2.56. The van der Waals surface area contributed by atoms with E-state index >= 15 is 0 Å². The number of anilines is 2. The van der Waals surface area contributed by atoms with Crippen molar-refractivity contribution in [3.63, 3.8) is 0 Å². The number of carbonyl (C=O) groups excluding carboxylic acids is 2. The fraction of sp³-hybridized carbons (Fsp3) is 0.684. The van der Waals surface area contributed by atoms with Crippen molar-refractivity contribution >= 4 is 35.4 Å². The molecule has 2 saturated heterocycles. The Kier molecular flexibility index (Phi) is 4.34. The topological polar surface area (TPSA) is 96.5 Å². The molecule has 1 aromatic rings. The Morgan fingerprint density at radius 1 is 1.29 bits per heavy atom. The number of halogens is 1. The van der Waals surface area contributed by atoms with E-state index in [1.807, 2.05) is 0 Å². The van der Waals surface area contributed by atoms with Crippen LogP contribution in [-0.2, 0) is 9.53 Å². The quantitative estimate of drug-likeness (QED) is 0.746. The molecule has 4 fully saturated rings. The van der Waals surface area contributed by atoms with Crippen LogP contribution >= 0.6 is 11.6 Å². The Hall–Kier alpha value is -2.09. The molecule has 3 heterocycles. The number of nitrogens with one attached hydrogen (secondary N) is 2. The van der Waals surface area contributed by atoms with E-state index < -0.39 is 6.09 Å². The number of rotatable bonds is 4. The molecule has 150 valence electrons. The van der Waals surface area contributed by atoms with Gasteiger partial charge >= 0.3 is 6.09 Å². The number of nitrogens with zero attached hydrogens (tertiary/aromatic N) is 3. The summed E-state index contributed by atoms with van der Waals surface area (Å²) in [7, 11) is 0. The Morgan fingerprint density at radius 3 is 2.89 bits per heavy atom. The summed E-state index contributed by atoms with van der Waals surface area (Å²) in [5, 5.41) is 6.86. The predicted molar refractivity (Wildman–Crippen MR) is 103 cm³/mol. The van der Waals surface area contributed by atoms with Crippen molar-refractivity contribution in [2.45, 2.75) is 55.5 Å². The van der Waals surface area contributed by atoms with Crippen molar-refractivity contribution in [2.75, 3.05) is 23.4 Å². The predicted octanol–water partition coefficient (Wildman–Crippen LogP) is 2.29. The lowest BCUT2D eigenvalue weighted by atomic mass is 9.73. The largest absolute Gasteiger partial charge is 0.447 e. The number of hydrogen-bond acceptors (Lipinski definition) is 6. The minimum atomic E-state index is -0.392. The molecule has 4 atom stereocenters. The smallest absolute Gasteiger partial charge is 0.415 e. The van der Waals surface area contributed by atoms with Crippen LogP contribution in [0.3, 0.4) is 0 Å². The third-order valence-corrected chi connectivity index (χ3v) is 6.99. The minimum absolute atomic E-state index is 0.111. The number of piperidine rings is 1. The van der Waals surface area contributed by atoms with Crippen LogP contribution in [0.1, 0.15) is 38.5 Å². The van der Waals surface area contributed by atoms with Crippen molar-refractivity contribution in [3.05, 3.63) is 12.3 Å². The lowest BCUT2D eigenvalue weighted by molar-refractivity contribution is -0.130. The number of alkyl halides is 1. The zero-order valence-electron chi connectivity index (χ0n) is 15.6. The molecule has 0 aromatic carbocycles. The molecule has 2 aliphatic heterocycles. The van der Waals surface area contributed by atoms with Crippen LogP contribution in [0.2, 0.25) is 0 Å². The average Bonchev–Trinajstić information content (AvgIpc) is 3.32. The second-order valence-corrected chi connectivity index (χ2v) is 8.98. The highest BCUT2D eigenvalue weighted by atomic mass is 35.5. The lowest BCUT2D eigenvalue weighted by Gasteiger charge is -2.43. The van der Waals surface area contributed by atoms with Gasteiger partial charge in [0, 0.05) is 17.6 Å². The molecule has 8 nitrogen and oxygen atoms in total. The first-order valence-corrected chi connectivity index (χ1v) is 10.5. The van der Waals surface area contributed by atoms with Gasteiger partial charge < -0.3 is 15.4 Å². The van der Waals surface area contributed by atoms with Gasteiger partial charge in [-0.25, -0.2) is 9.78 Å². The number of aromatic nitrogens is 2. The van der Waals surface area contributed by atoms with E-state index in [0.717, 1.165) is 38.5 Å². The highest BCUT2D eigenvalue weighted by molar-refractivity contribution is 6.20. The van der Waals surface area contributed by atoms with Gasteiger partial charge in [-0.3, -0.25) is 9.69 Å². The van der Waals surface area contributed by atoms with Crippen LogP contribution in [0.15, 0.2) is 12.3 Å². The Balaban J connectivity index is 1.32. The van der Waals surface area contributed by atoms with Crippen LogP contribution < -0.4 is 15.5 Å². The minimum Gasteiger partial charge on any atom is -0.447 e. The number of ether oxygens (including phenoxy) is 1. The summed E-state index contributed by atoms with van der Waals surface area (Å²) in [5.41, 5.74) is -0.307. The number of amides is 2. The number of carbonyl (C=O) groups is 2. The van der Waals surface area contributed by atoms with Crippen molar-refractivity contribution < 1.29 is 14.3 Å². The fourth-order valence-corrected chi connectivity index (χ4v) is 5.26. The van der Waals surface area contributed by atoms with Gasteiger partial charge in [-0.1, -0.05) is 0 Å². The van der Waals surface area contributed by atoms with Gasteiger partial charge in [-0.2, -0.15) is 4.98 Å². The van der Waals surface area contributed by atoms with E-state index in [4.69, 9.17) is 16.3 Å². The Morgan fingerprint density at radius 2 is 2.14 bits per heavy atom. The van der Waals surface area contributed by atoms with Crippen LogP contribution in [-0.4, -0.2) is 52.1 Å². The molecule has 28 heavy (non-hydrogen) atoms. The van der Waals surface area contributed by atoms with Crippen molar-refractivity contribution in [2.24, 2.45) is 11.8 Å². The molecule has 0 spiro atoms. The summed E-state index contributed by atoms with van der Waals surface area (Å²) in [6, 6.07) is 1.95. The third kappa shape index (κ3) is 3.17. The molecule has 5 rings (SSSR count). The van der Waals surface area contributed by atoms with Gasteiger partial charge in [0.1, 0.15) is 12.4 Å². The molecule has 0 radical (unpaired) electrons. The van der Waals surface area contributed by atoms with Crippen molar-refractivity contribution in [1.29, 1.82) is 0 Å². The zero-order chi connectivity index (χ0) is 19.3. The molecule has 2 saturated carbocycles. The molecule has 9 heteroatoms. The number of fused-ring (bicyclic) bond motifs is 1. The van der Waals surface area contributed by atoms with Gasteiger partial charge in [0.25, 0.3) is 0 Å². The molecule has 1 aromatic heterocycles. The van der Waals surface area contributed by atoms with Gasteiger partial charge in [0.15, 0.2) is 0 Å². The zero-order valence-corrected chi connectivity index (χ0v) is 16.3. The second kappa shape index (κ2) is 6.76. The van der Waals surface area contributed by atoms with Gasteiger partial charge in [0.05, 0.1) is 18.0 Å². The molecule has 2 aliphatic carbocycles. The van der Waals surface area contributed by atoms with Crippen molar-refractivity contribution in [3.8, 4) is 0 Å². The number of hydrogen-bond donors (Lipinski definition) is 2. The highest BCUT2D eigenvalue weighted by Gasteiger charge is 2.56. The molecule has 0 bridgehead atoms. The van der Waals surface area contributed by atoms with E-state index in [2.05, 4.69) is 20.6 Å². The average molecular weight is 406 g/mol. The van der Waals surface area contributed by atoms with Crippen LogP contribution in [0.5, 0.6) is 0 Å². The maximum atomic E-state index is 12.8. The van der Waals surface area contributed by atoms with Crippen LogP contribution in [0.4, 0.5) is 16.6 Å². The Labute approximate surface area is 168 Å². The SMILES string of the molecule is O=C1NC2CCC(Cl)CC2CC1C1(Nc2nccc(N3CCOC3=O)n2)CC1. The van der Waals surface area contributed by atoms with E-state index in [1.165, 1.54) is 4.90 Å². The highest BCUT2D eigenvalue weighted by Crippen LogP contribution is 2.50. The van der Waals surface area contributed by atoms with Gasteiger partial charge in [0.2, 0.25) is 11.9 Å². The van der Waals surface area contributed by atoms with E-state index in [9.17, 15) is 9.59 Å². The summed E-state index contributed by atoms with van der Waals surface area (Å²) in [6.07, 6.45) is 6.80. The number of cyclic esters (lactones) is 1. The van der Waals surface area contributed by atoms with E-state index in [0.29, 0.717) is 30.8 Å². The molecule has 4 aliphatic rings. The summed E-state index contributed by atoms with van der Waals surface area (Å²) >= 11 is 6.38. The molecule has 2 N–H and O–H groups in total. The van der Waals surface area contributed by atoms with Crippen LogP contribution in [0.25, 0.3) is 0 Å². The second-order valence-electron chi connectivity index (χ2n) is 8.36. The Bertz CT molecular complexity index is 802. The summed E-state index contributed by atoms with van der Waals surface area (Å²) < 4.78 is 4.98. The van der Waals surface area contributed by atoms with Crippen LogP contribution in [0, 0.1) is 11.8 Å². The van der Waals surface area contributed by atoms with Crippen molar-refractivity contribution in [1.82, 2.24) is 15.3 Å². The normalized spacial score (nSPS) is 33.7. The molecule has 2 amide bonds. The summed E-state index contributed by atoms with van der Waals surface area (Å²) in [5.74, 6) is 1.41. The maximum Gasteiger partial charge on any atom is 0.415 e. The molecule has 4 unspecified atom stereocenters.